The van der Waals surface area contributed by atoms with Crippen LogP contribution < -0.4 is 10.0 Å². The van der Waals surface area contributed by atoms with Gasteiger partial charge in [-0.3, -0.25) is 9.59 Å². The Hall–Kier alpha value is -1.23. The molecule has 2 unspecified atom stereocenters. The fraction of sp³-hybridized carbons (Fsp3) is 0.619. The number of halogens is 2. The normalized spacial score (nSPS) is 22.4. The molecule has 178 valence electrons. The molecule has 2 saturated heterocycles. The molecule has 0 spiro atoms. The van der Waals surface area contributed by atoms with Gasteiger partial charge in [0.1, 0.15) is 17.1 Å². The summed E-state index contributed by atoms with van der Waals surface area (Å²) >= 11 is 10.9. The molecule has 3 atom stereocenters. The number of morpholine rings is 1. The summed E-state index contributed by atoms with van der Waals surface area (Å²) in [7, 11) is 0. The van der Waals surface area contributed by atoms with Gasteiger partial charge in [0.15, 0.2) is 6.10 Å². The van der Waals surface area contributed by atoms with Gasteiger partial charge in [0.2, 0.25) is 5.91 Å². The summed E-state index contributed by atoms with van der Waals surface area (Å²) in [5, 5.41) is 13.8. The maximum Gasteiger partial charge on any atom is 0.253 e. The van der Waals surface area contributed by atoms with Crippen molar-refractivity contribution in [2.75, 3.05) is 26.2 Å². The van der Waals surface area contributed by atoms with Crippen molar-refractivity contribution in [3.05, 3.63) is 27.7 Å². The molecule has 0 aromatic heterocycles. The van der Waals surface area contributed by atoms with E-state index < -0.39 is 28.3 Å². The first-order valence-electron chi connectivity index (χ1n) is 10.5. The first-order valence-corrected chi connectivity index (χ1v) is 12.4. The average Bonchev–Trinajstić information content (AvgIpc) is 2.74. The first kappa shape index (κ1) is 25.4. The van der Waals surface area contributed by atoms with Gasteiger partial charge in [-0.1, -0.05) is 23.2 Å². The Labute approximate surface area is 201 Å². The van der Waals surface area contributed by atoms with Gasteiger partial charge in [-0.25, -0.2) is 0 Å². The summed E-state index contributed by atoms with van der Waals surface area (Å²) in [5.74, 6) is -0.397. The maximum absolute atomic E-state index is 12.9. The Bertz CT molecular complexity index is 849. The highest BCUT2D eigenvalue weighted by Crippen LogP contribution is 2.40. The molecule has 2 fully saturated rings. The van der Waals surface area contributed by atoms with Crippen LogP contribution in [-0.2, 0) is 25.7 Å². The van der Waals surface area contributed by atoms with Gasteiger partial charge in [-0.2, -0.15) is 0 Å². The Morgan fingerprint density at radius 3 is 2.50 bits per heavy atom. The summed E-state index contributed by atoms with van der Waals surface area (Å²) < 4.78 is 20.9. The van der Waals surface area contributed by atoms with Gasteiger partial charge in [-0.05, 0) is 45.6 Å². The fourth-order valence-corrected chi connectivity index (χ4v) is 5.05. The minimum absolute atomic E-state index is 0.000434. The van der Waals surface area contributed by atoms with E-state index in [2.05, 4.69) is 10.0 Å². The number of phenols is 1. The molecular weight excluding hydrogens is 477 g/mol. The standard InChI is InChI=1S/C21H29Cl2N3O5S/c1-21(2,3)32(30)25-19(13-8-14(22)15(23)9-16(13)27)12-4-6-26(7-5-12)20(29)17-10-24-18(28)11-31-17/h8-9,12,17,19,25,27H,4-7,10-11H2,1-3H3,(H,24,28)/t17?,19?,32-/m0/s1. The van der Waals surface area contributed by atoms with Crippen LogP contribution in [0.3, 0.4) is 0 Å². The largest absolute Gasteiger partial charge is 0.598 e. The molecule has 11 heteroatoms. The van der Waals surface area contributed by atoms with Crippen molar-refractivity contribution in [2.24, 2.45) is 5.92 Å². The zero-order chi connectivity index (χ0) is 23.6. The molecule has 1 aromatic carbocycles. The van der Waals surface area contributed by atoms with Crippen LogP contribution in [0.25, 0.3) is 0 Å². The minimum atomic E-state index is -1.39. The van der Waals surface area contributed by atoms with Crippen LogP contribution >= 0.6 is 23.2 Å². The van der Waals surface area contributed by atoms with Gasteiger partial charge < -0.3 is 24.6 Å². The number of nitrogens with one attached hydrogen (secondary N) is 2. The third-order valence-electron chi connectivity index (χ3n) is 5.69. The number of amides is 2. The van der Waals surface area contributed by atoms with E-state index >= 15 is 0 Å². The van der Waals surface area contributed by atoms with E-state index in [1.807, 2.05) is 20.8 Å². The summed E-state index contributed by atoms with van der Waals surface area (Å²) in [6.45, 7) is 6.63. The van der Waals surface area contributed by atoms with Crippen LogP contribution in [0.5, 0.6) is 5.75 Å². The smallest absolute Gasteiger partial charge is 0.253 e. The Balaban J connectivity index is 1.74. The summed E-state index contributed by atoms with van der Waals surface area (Å²) in [4.78, 5) is 25.8. The highest BCUT2D eigenvalue weighted by molar-refractivity contribution is 7.90. The summed E-state index contributed by atoms with van der Waals surface area (Å²) in [6, 6.07) is 2.56. The molecule has 2 aliphatic rings. The molecular formula is C21H29Cl2N3O5S. The van der Waals surface area contributed by atoms with Crippen molar-refractivity contribution in [1.82, 2.24) is 14.9 Å². The molecule has 1 aromatic rings. The van der Waals surface area contributed by atoms with Crippen molar-refractivity contribution in [2.45, 2.75) is 50.5 Å². The SMILES string of the molecule is CC(C)(C)[S@+]([O-])NC(c1cc(Cl)c(Cl)cc1O)C1CCN(C(=O)C2CNC(=O)CO2)CC1. The Morgan fingerprint density at radius 1 is 1.31 bits per heavy atom. The first-order chi connectivity index (χ1) is 15.0. The van der Waals surface area contributed by atoms with Crippen molar-refractivity contribution in [1.29, 1.82) is 0 Å². The van der Waals surface area contributed by atoms with Crippen molar-refractivity contribution >= 4 is 46.4 Å². The van der Waals surface area contributed by atoms with Crippen LogP contribution in [-0.4, -0.2) is 63.5 Å². The van der Waals surface area contributed by atoms with Crippen molar-refractivity contribution in [3.63, 3.8) is 0 Å². The average molecular weight is 506 g/mol. The Morgan fingerprint density at radius 2 is 1.94 bits per heavy atom. The van der Waals surface area contributed by atoms with Gasteiger partial charge in [-0.15, -0.1) is 4.72 Å². The minimum Gasteiger partial charge on any atom is -0.598 e. The van der Waals surface area contributed by atoms with E-state index in [4.69, 9.17) is 27.9 Å². The summed E-state index contributed by atoms with van der Waals surface area (Å²) in [5.41, 5.74) is 0.528. The predicted octanol–water partition coefficient (Wildman–Crippen LogP) is 2.55. The topological polar surface area (TPSA) is 114 Å². The van der Waals surface area contributed by atoms with Gasteiger partial charge >= 0.3 is 0 Å². The number of carbonyl (C=O) groups excluding carboxylic acids is 2. The van der Waals surface area contributed by atoms with Crippen LogP contribution in [0.4, 0.5) is 0 Å². The number of rotatable bonds is 5. The number of carbonyl (C=O) groups is 2. The number of piperidine rings is 1. The third-order valence-corrected chi connectivity index (χ3v) is 8.00. The molecule has 0 radical (unpaired) electrons. The molecule has 32 heavy (non-hydrogen) atoms. The molecule has 3 rings (SSSR count). The van der Waals surface area contributed by atoms with Crippen LogP contribution in [0, 0.1) is 5.92 Å². The lowest BCUT2D eigenvalue weighted by Gasteiger charge is -2.39. The van der Waals surface area contributed by atoms with E-state index in [1.165, 1.54) is 6.07 Å². The van der Waals surface area contributed by atoms with Crippen molar-refractivity contribution in [3.8, 4) is 5.75 Å². The second-order valence-corrected chi connectivity index (χ2v) is 11.9. The maximum atomic E-state index is 12.9. The molecule has 2 amide bonds. The third kappa shape index (κ3) is 6.01. The zero-order valence-corrected chi connectivity index (χ0v) is 20.6. The number of ether oxygens (including phenoxy) is 1. The van der Waals surface area contributed by atoms with Gasteiger partial charge in [0.05, 0.1) is 22.6 Å². The number of likely N-dealkylation sites (tertiary alicyclic amines) is 1. The molecule has 2 aliphatic heterocycles. The lowest BCUT2D eigenvalue weighted by Crippen LogP contribution is -2.53. The number of hydrogen-bond acceptors (Lipinski definition) is 6. The number of nitrogens with zero attached hydrogens (tertiary/aromatic N) is 1. The lowest BCUT2D eigenvalue weighted by molar-refractivity contribution is -0.151. The number of hydrogen-bond donors (Lipinski definition) is 3. The number of benzene rings is 1. The van der Waals surface area contributed by atoms with E-state index in [1.54, 1.807) is 11.0 Å². The summed E-state index contributed by atoms with van der Waals surface area (Å²) in [6.07, 6.45) is 0.582. The molecule has 0 aliphatic carbocycles. The molecule has 0 saturated carbocycles. The van der Waals surface area contributed by atoms with Gasteiger partial charge in [0, 0.05) is 36.1 Å². The van der Waals surface area contributed by atoms with Crippen LogP contribution in [0.15, 0.2) is 12.1 Å². The quantitative estimate of drug-likeness (QED) is 0.529. The van der Waals surface area contributed by atoms with E-state index in [0.29, 0.717) is 36.5 Å². The number of phenolic OH excluding ortho intramolecular Hbond substituents is 1. The lowest BCUT2D eigenvalue weighted by atomic mass is 9.85. The second kappa shape index (κ2) is 10.4. The monoisotopic (exact) mass is 505 g/mol. The Kier molecular flexibility index (Phi) is 8.22. The van der Waals surface area contributed by atoms with Crippen molar-refractivity contribution < 1.29 is 24.0 Å². The second-order valence-electron chi connectivity index (χ2n) is 9.07. The molecule has 2 heterocycles. The van der Waals surface area contributed by atoms with E-state index in [9.17, 15) is 19.2 Å². The zero-order valence-electron chi connectivity index (χ0n) is 18.3. The van der Waals surface area contributed by atoms with Crippen LogP contribution in [0.1, 0.15) is 45.2 Å². The highest BCUT2D eigenvalue weighted by Gasteiger charge is 2.38. The number of aromatic hydroxyl groups is 1. The fourth-order valence-electron chi connectivity index (χ4n) is 3.81. The molecule has 3 N–H and O–H groups in total. The predicted molar refractivity (Wildman–Crippen MR) is 124 cm³/mol. The highest BCUT2D eigenvalue weighted by atomic mass is 35.5. The molecule has 0 bridgehead atoms. The molecule has 8 nitrogen and oxygen atoms in total. The van der Waals surface area contributed by atoms with Gasteiger partial charge in [0.25, 0.3) is 5.91 Å². The van der Waals surface area contributed by atoms with E-state index in [0.717, 1.165) is 0 Å². The van der Waals surface area contributed by atoms with E-state index in [-0.39, 0.29) is 41.7 Å². The van der Waals surface area contributed by atoms with Crippen LogP contribution in [0.2, 0.25) is 10.0 Å².